The number of rotatable bonds is 6. The Morgan fingerprint density at radius 3 is 2.48 bits per heavy atom. The molecule has 0 fully saturated rings. The molecule has 0 aromatic heterocycles. The number of halogens is 1. The Bertz CT molecular complexity index is 615. The van der Waals surface area contributed by atoms with Crippen molar-refractivity contribution in [1.29, 1.82) is 0 Å². The summed E-state index contributed by atoms with van der Waals surface area (Å²) in [6.45, 7) is 5.74. The van der Waals surface area contributed by atoms with Gasteiger partial charge in [0.15, 0.2) is 0 Å². The summed E-state index contributed by atoms with van der Waals surface area (Å²) in [7, 11) is -3.43. The lowest BCUT2D eigenvalue weighted by atomic mass is 10.2. The third-order valence-corrected chi connectivity index (χ3v) is 4.91. The van der Waals surface area contributed by atoms with Gasteiger partial charge in [0.05, 0.1) is 11.9 Å². The van der Waals surface area contributed by atoms with Crippen molar-refractivity contribution in [3.8, 4) is 0 Å². The van der Waals surface area contributed by atoms with E-state index < -0.39 is 10.0 Å². The first-order chi connectivity index (χ1) is 9.61. The highest BCUT2D eigenvalue weighted by molar-refractivity contribution is 9.10. The SMILES string of the molecule is Cc1cc(N(CCC(=O)NC(C)C)S(C)(=O)=O)ccc1Br. The number of hydrogen-bond acceptors (Lipinski definition) is 3. The molecule has 0 saturated carbocycles. The van der Waals surface area contributed by atoms with Gasteiger partial charge < -0.3 is 5.32 Å². The van der Waals surface area contributed by atoms with Crippen LogP contribution in [0.15, 0.2) is 22.7 Å². The van der Waals surface area contributed by atoms with E-state index in [1.165, 1.54) is 4.31 Å². The van der Waals surface area contributed by atoms with E-state index in [1.807, 2.05) is 20.8 Å². The van der Waals surface area contributed by atoms with Gasteiger partial charge in [-0.2, -0.15) is 0 Å². The largest absolute Gasteiger partial charge is 0.354 e. The number of sulfonamides is 1. The van der Waals surface area contributed by atoms with Gasteiger partial charge in [-0.1, -0.05) is 15.9 Å². The lowest BCUT2D eigenvalue weighted by Crippen LogP contribution is -2.36. The Hall–Kier alpha value is -1.08. The summed E-state index contributed by atoms with van der Waals surface area (Å²) in [6, 6.07) is 5.35. The van der Waals surface area contributed by atoms with E-state index in [1.54, 1.807) is 18.2 Å². The van der Waals surface area contributed by atoms with E-state index in [0.717, 1.165) is 16.3 Å². The van der Waals surface area contributed by atoms with Gasteiger partial charge >= 0.3 is 0 Å². The molecule has 0 radical (unpaired) electrons. The Morgan fingerprint density at radius 2 is 2.00 bits per heavy atom. The molecule has 7 heteroatoms. The number of anilines is 1. The number of amides is 1. The summed E-state index contributed by atoms with van der Waals surface area (Å²) in [5.74, 6) is -0.160. The van der Waals surface area contributed by atoms with E-state index in [9.17, 15) is 13.2 Å². The van der Waals surface area contributed by atoms with Gasteiger partial charge in [0.2, 0.25) is 15.9 Å². The molecular weight excluding hydrogens is 356 g/mol. The molecule has 0 unspecified atom stereocenters. The minimum Gasteiger partial charge on any atom is -0.354 e. The lowest BCUT2D eigenvalue weighted by Gasteiger charge is -2.23. The second-order valence-electron chi connectivity index (χ2n) is 5.24. The molecule has 0 bridgehead atoms. The Labute approximate surface area is 134 Å². The van der Waals surface area contributed by atoms with Crippen molar-refractivity contribution < 1.29 is 13.2 Å². The number of aryl methyl sites for hydroxylation is 1. The predicted molar refractivity (Wildman–Crippen MR) is 89.0 cm³/mol. The molecule has 1 aromatic rings. The van der Waals surface area contributed by atoms with E-state index >= 15 is 0 Å². The van der Waals surface area contributed by atoms with Gasteiger partial charge in [-0.25, -0.2) is 8.42 Å². The predicted octanol–water partition coefficient (Wildman–Crippen LogP) is 2.44. The van der Waals surface area contributed by atoms with Crippen molar-refractivity contribution in [1.82, 2.24) is 5.32 Å². The number of hydrogen-bond donors (Lipinski definition) is 1. The molecular formula is C14H21BrN2O3S. The van der Waals surface area contributed by atoms with Crippen LogP contribution in [0, 0.1) is 6.92 Å². The standard InChI is InChI=1S/C14H21BrN2O3S/c1-10(2)16-14(18)7-8-17(21(4,19)20)12-5-6-13(15)11(3)9-12/h5-6,9-10H,7-8H2,1-4H3,(H,16,18). The van der Waals surface area contributed by atoms with Crippen molar-refractivity contribution in [3.63, 3.8) is 0 Å². The zero-order chi connectivity index (χ0) is 16.2. The summed E-state index contributed by atoms with van der Waals surface area (Å²) in [5.41, 5.74) is 1.50. The number of carbonyl (C=O) groups is 1. The molecule has 0 atom stereocenters. The van der Waals surface area contributed by atoms with Gasteiger partial charge in [0.1, 0.15) is 0 Å². The minimum atomic E-state index is -3.43. The maximum absolute atomic E-state index is 11.9. The third kappa shape index (κ3) is 5.67. The number of nitrogens with one attached hydrogen (secondary N) is 1. The van der Waals surface area contributed by atoms with Gasteiger partial charge in [0, 0.05) is 23.5 Å². The van der Waals surface area contributed by atoms with Crippen LogP contribution < -0.4 is 9.62 Å². The van der Waals surface area contributed by atoms with Crippen LogP contribution in [0.3, 0.4) is 0 Å². The number of benzene rings is 1. The Kier molecular flexibility index (Phi) is 6.22. The monoisotopic (exact) mass is 376 g/mol. The summed E-state index contributed by atoms with van der Waals surface area (Å²) in [6.07, 6.45) is 1.27. The average molecular weight is 377 g/mol. The fraction of sp³-hybridized carbons (Fsp3) is 0.500. The van der Waals surface area contributed by atoms with Crippen LogP contribution in [0.25, 0.3) is 0 Å². The fourth-order valence-corrected chi connectivity index (χ4v) is 3.03. The molecule has 21 heavy (non-hydrogen) atoms. The zero-order valence-corrected chi connectivity index (χ0v) is 15.1. The molecule has 0 saturated heterocycles. The summed E-state index contributed by atoms with van der Waals surface area (Å²) in [4.78, 5) is 11.7. The molecule has 0 aliphatic heterocycles. The van der Waals surface area contributed by atoms with Crippen LogP contribution in [0.2, 0.25) is 0 Å². The minimum absolute atomic E-state index is 0.0408. The van der Waals surface area contributed by atoms with Gasteiger partial charge in [0.25, 0.3) is 0 Å². The Balaban J connectivity index is 2.92. The van der Waals surface area contributed by atoms with Crippen molar-refractivity contribution >= 4 is 37.5 Å². The van der Waals surface area contributed by atoms with Crippen LogP contribution in [0.4, 0.5) is 5.69 Å². The summed E-state index contributed by atoms with van der Waals surface area (Å²) < 4.78 is 26.1. The van der Waals surface area contributed by atoms with E-state index in [-0.39, 0.29) is 24.9 Å². The third-order valence-electron chi connectivity index (χ3n) is 2.82. The summed E-state index contributed by atoms with van der Waals surface area (Å²) >= 11 is 3.39. The van der Waals surface area contributed by atoms with Crippen LogP contribution in [0.5, 0.6) is 0 Å². The Morgan fingerprint density at radius 1 is 1.38 bits per heavy atom. The van der Waals surface area contributed by atoms with Gasteiger partial charge in [-0.05, 0) is 44.5 Å². The van der Waals surface area contributed by atoms with Crippen LogP contribution in [-0.4, -0.2) is 33.2 Å². The second-order valence-corrected chi connectivity index (χ2v) is 8.00. The lowest BCUT2D eigenvalue weighted by molar-refractivity contribution is -0.121. The molecule has 118 valence electrons. The highest BCUT2D eigenvalue weighted by atomic mass is 79.9. The first kappa shape index (κ1) is 18.0. The first-order valence-corrected chi connectivity index (χ1v) is 9.28. The average Bonchev–Trinajstić information content (AvgIpc) is 2.31. The van der Waals surface area contributed by atoms with Crippen molar-refractivity contribution in [2.75, 3.05) is 17.1 Å². The first-order valence-electron chi connectivity index (χ1n) is 6.64. The van der Waals surface area contributed by atoms with E-state index in [0.29, 0.717) is 5.69 Å². The normalized spacial score (nSPS) is 11.5. The maximum atomic E-state index is 11.9. The van der Waals surface area contributed by atoms with Crippen molar-refractivity contribution in [3.05, 3.63) is 28.2 Å². The number of carbonyl (C=O) groups excluding carboxylic acids is 1. The summed E-state index contributed by atoms with van der Waals surface area (Å²) in [5, 5.41) is 2.75. The highest BCUT2D eigenvalue weighted by Crippen LogP contribution is 2.24. The topological polar surface area (TPSA) is 66.5 Å². The van der Waals surface area contributed by atoms with Gasteiger partial charge in [-0.15, -0.1) is 0 Å². The maximum Gasteiger partial charge on any atom is 0.232 e. The van der Waals surface area contributed by atoms with Crippen molar-refractivity contribution in [2.45, 2.75) is 33.2 Å². The van der Waals surface area contributed by atoms with E-state index in [4.69, 9.17) is 0 Å². The highest BCUT2D eigenvalue weighted by Gasteiger charge is 2.19. The molecule has 5 nitrogen and oxygen atoms in total. The molecule has 0 aliphatic carbocycles. The van der Waals surface area contributed by atoms with Gasteiger partial charge in [-0.3, -0.25) is 9.10 Å². The molecule has 0 spiro atoms. The molecule has 0 heterocycles. The molecule has 1 rings (SSSR count). The fourth-order valence-electron chi connectivity index (χ4n) is 1.87. The quantitative estimate of drug-likeness (QED) is 0.828. The van der Waals surface area contributed by atoms with Crippen LogP contribution in [0.1, 0.15) is 25.8 Å². The molecule has 1 amide bonds. The van der Waals surface area contributed by atoms with Crippen molar-refractivity contribution in [2.24, 2.45) is 0 Å². The molecule has 1 aromatic carbocycles. The molecule has 0 aliphatic rings. The number of nitrogens with zero attached hydrogens (tertiary/aromatic N) is 1. The zero-order valence-electron chi connectivity index (χ0n) is 12.7. The van der Waals surface area contributed by atoms with E-state index in [2.05, 4.69) is 21.2 Å². The van der Waals surface area contributed by atoms with Crippen LogP contribution >= 0.6 is 15.9 Å². The second kappa shape index (κ2) is 7.26. The molecule has 1 N–H and O–H groups in total. The van der Waals surface area contributed by atoms with Crippen LogP contribution in [-0.2, 0) is 14.8 Å². The smallest absolute Gasteiger partial charge is 0.232 e.